The predicted molar refractivity (Wildman–Crippen MR) is 88.3 cm³/mol. The van der Waals surface area contributed by atoms with Gasteiger partial charge in [-0.2, -0.15) is 0 Å². The quantitative estimate of drug-likeness (QED) is 0.818. The SMILES string of the molecule is COc1ccc(CCN(C)C)cc1CCN1CCNCC1. The van der Waals surface area contributed by atoms with Crippen molar-refractivity contribution in [1.29, 1.82) is 0 Å². The van der Waals surface area contributed by atoms with Crippen LogP contribution in [0.4, 0.5) is 0 Å². The van der Waals surface area contributed by atoms with Gasteiger partial charge in [0, 0.05) is 39.3 Å². The van der Waals surface area contributed by atoms with Crippen LogP contribution in [0, 0.1) is 0 Å². The van der Waals surface area contributed by atoms with Crippen molar-refractivity contribution in [1.82, 2.24) is 15.1 Å². The van der Waals surface area contributed by atoms with Gasteiger partial charge in [-0.05, 0) is 44.1 Å². The molecular weight excluding hydrogens is 262 g/mol. The molecule has 0 amide bonds. The molecule has 21 heavy (non-hydrogen) atoms. The van der Waals surface area contributed by atoms with E-state index in [0.29, 0.717) is 0 Å². The first kappa shape index (κ1) is 16.3. The number of methoxy groups -OCH3 is 1. The first-order valence-electron chi connectivity index (χ1n) is 7.92. The summed E-state index contributed by atoms with van der Waals surface area (Å²) in [6.07, 6.45) is 2.16. The van der Waals surface area contributed by atoms with Crippen molar-refractivity contribution in [2.24, 2.45) is 0 Å². The van der Waals surface area contributed by atoms with E-state index in [0.717, 1.165) is 57.9 Å². The Morgan fingerprint density at radius 2 is 1.95 bits per heavy atom. The smallest absolute Gasteiger partial charge is 0.122 e. The summed E-state index contributed by atoms with van der Waals surface area (Å²) in [4.78, 5) is 4.76. The lowest BCUT2D eigenvalue weighted by Crippen LogP contribution is -2.44. The summed E-state index contributed by atoms with van der Waals surface area (Å²) < 4.78 is 5.52. The Morgan fingerprint density at radius 3 is 2.62 bits per heavy atom. The van der Waals surface area contributed by atoms with E-state index in [1.165, 1.54) is 11.1 Å². The summed E-state index contributed by atoms with van der Waals surface area (Å²) in [7, 11) is 6.01. The molecule has 1 aromatic carbocycles. The van der Waals surface area contributed by atoms with Crippen molar-refractivity contribution in [2.45, 2.75) is 12.8 Å². The number of rotatable bonds is 7. The molecule has 1 saturated heterocycles. The third kappa shape index (κ3) is 5.30. The fraction of sp³-hybridized carbons (Fsp3) is 0.647. The lowest BCUT2D eigenvalue weighted by Gasteiger charge is -2.27. The molecule has 4 heteroatoms. The Hall–Kier alpha value is -1.10. The molecule has 0 atom stereocenters. The van der Waals surface area contributed by atoms with Crippen molar-refractivity contribution in [3.8, 4) is 5.75 Å². The van der Waals surface area contributed by atoms with Crippen LogP contribution >= 0.6 is 0 Å². The van der Waals surface area contributed by atoms with Gasteiger partial charge in [0.2, 0.25) is 0 Å². The average Bonchev–Trinajstić information content (AvgIpc) is 2.52. The standard InChI is InChI=1S/C17H29N3O/c1-19(2)10-6-15-4-5-17(21-3)16(14-15)7-11-20-12-8-18-9-13-20/h4-5,14,18H,6-13H2,1-3H3. The van der Waals surface area contributed by atoms with Crippen LogP contribution in [0.2, 0.25) is 0 Å². The van der Waals surface area contributed by atoms with Gasteiger partial charge in [0.05, 0.1) is 7.11 Å². The number of ether oxygens (including phenoxy) is 1. The van der Waals surface area contributed by atoms with Crippen LogP contribution in [0.1, 0.15) is 11.1 Å². The molecular formula is C17H29N3O. The van der Waals surface area contributed by atoms with E-state index in [2.05, 4.69) is 47.4 Å². The molecule has 1 fully saturated rings. The van der Waals surface area contributed by atoms with Gasteiger partial charge < -0.3 is 19.9 Å². The topological polar surface area (TPSA) is 27.7 Å². The van der Waals surface area contributed by atoms with Crippen molar-refractivity contribution in [2.75, 3.05) is 60.5 Å². The van der Waals surface area contributed by atoms with Crippen LogP contribution in [-0.4, -0.2) is 70.3 Å². The number of nitrogens with zero attached hydrogens (tertiary/aromatic N) is 2. The maximum absolute atomic E-state index is 5.52. The van der Waals surface area contributed by atoms with Gasteiger partial charge >= 0.3 is 0 Å². The van der Waals surface area contributed by atoms with E-state index in [9.17, 15) is 0 Å². The second kappa shape index (κ2) is 8.37. The van der Waals surface area contributed by atoms with Crippen LogP contribution in [0.25, 0.3) is 0 Å². The van der Waals surface area contributed by atoms with Gasteiger partial charge in [0.1, 0.15) is 5.75 Å². The third-order valence-electron chi connectivity index (χ3n) is 4.10. The molecule has 1 N–H and O–H groups in total. The highest BCUT2D eigenvalue weighted by molar-refractivity contribution is 5.37. The summed E-state index contributed by atoms with van der Waals surface area (Å²) in [5, 5.41) is 3.40. The molecule has 1 aliphatic heterocycles. The highest BCUT2D eigenvalue weighted by atomic mass is 16.5. The molecule has 0 aromatic heterocycles. The zero-order valence-electron chi connectivity index (χ0n) is 13.7. The van der Waals surface area contributed by atoms with Gasteiger partial charge in [-0.1, -0.05) is 12.1 Å². The number of piperazine rings is 1. The minimum absolute atomic E-state index is 1.03. The molecule has 2 rings (SSSR count). The van der Waals surface area contributed by atoms with E-state index in [-0.39, 0.29) is 0 Å². The second-order valence-electron chi connectivity index (χ2n) is 6.04. The number of hydrogen-bond donors (Lipinski definition) is 1. The van der Waals surface area contributed by atoms with Crippen LogP contribution < -0.4 is 10.1 Å². The fourth-order valence-corrected chi connectivity index (χ4v) is 2.75. The van der Waals surface area contributed by atoms with E-state index < -0.39 is 0 Å². The molecule has 0 unspecified atom stereocenters. The average molecular weight is 291 g/mol. The number of benzene rings is 1. The van der Waals surface area contributed by atoms with Crippen molar-refractivity contribution in [3.05, 3.63) is 29.3 Å². The highest BCUT2D eigenvalue weighted by Gasteiger charge is 2.11. The lowest BCUT2D eigenvalue weighted by atomic mass is 10.0. The van der Waals surface area contributed by atoms with Crippen molar-refractivity contribution >= 4 is 0 Å². The third-order valence-corrected chi connectivity index (χ3v) is 4.10. The van der Waals surface area contributed by atoms with E-state index in [1.807, 2.05) is 0 Å². The molecule has 0 saturated carbocycles. The highest BCUT2D eigenvalue weighted by Crippen LogP contribution is 2.21. The Bertz CT molecular complexity index is 428. The molecule has 1 aliphatic rings. The number of hydrogen-bond acceptors (Lipinski definition) is 4. The first-order valence-corrected chi connectivity index (χ1v) is 7.92. The largest absolute Gasteiger partial charge is 0.496 e. The Morgan fingerprint density at radius 1 is 1.19 bits per heavy atom. The van der Waals surface area contributed by atoms with E-state index in [4.69, 9.17) is 4.74 Å². The zero-order chi connectivity index (χ0) is 15.1. The van der Waals surface area contributed by atoms with Gasteiger partial charge in [-0.15, -0.1) is 0 Å². The molecule has 0 aliphatic carbocycles. The summed E-state index contributed by atoms with van der Waals surface area (Å²) >= 11 is 0. The summed E-state index contributed by atoms with van der Waals surface area (Å²) in [5.74, 6) is 1.03. The molecule has 0 bridgehead atoms. The molecule has 1 heterocycles. The number of likely N-dealkylation sites (N-methyl/N-ethyl adjacent to an activating group) is 1. The number of nitrogens with one attached hydrogen (secondary N) is 1. The normalized spacial score (nSPS) is 16.4. The van der Waals surface area contributed by atoms with Crippen molar-refractivity contribution in [3.63, 3.8) is 0 Å². The molecule has 0 spiro atoms. The van der Waals surface area contributed by atoms with Crippen molar-refractivity contribution < 1.29 is 4.74 Å². The van der Waals surface area contributed by atoms with Gasteiger partial charge in [-0.25, -0.2) is 0 Å². The summed E-state index contributed by atoms with van der Waals surface area (Å²) in [6.45, 7) is 6.74. The van der Waals surface area contributed by atoms with Crippen LogP contribution in [0.5, 0.6) is 5.75 Å². The van der Waals surface area contributed by atoms with E-state index >= 15 is 0 Å². The lowest BCUT2D eigenvalue weighted by molar-refractivity contribution is 0.243. The Kier molecular flexibility index (Phi) is 6.49. The second-order valence-corrected chi connectivity index (χ2v) is 6.04. The summed E-state index contributed by atoms with van der Waals surface area (Å²) in [6, 6.07) is 6.64. The predicted octanol–water partition coefficient (Wildman–Crippen LogP) is 1.25. The van der Waals surface area contributed by atoms with E-state index in [1.54, 1.807) is 7.11 Å². The molecule has 118 valence electrons. The monoisotopic (exact) mass is 291 g/mol. The maximum Gasteiger partial charge on any atom is 0.122 e. The van der Waals surface area contributed by atoms with Crippen LogP contribution in [0.15, 0.2) is 18.2 Å². The molecule has 0 radical (unpaired) electrons. The first-order chi connectivity index (χ1) is 10.2. The maximum atomic E-state index is 5.52. The Labute approximate surface area is 129 Å². The fourth-order valence-electron chi connectivity index (χ4n) is 2.75. The van der Waals surface area contributed by atoms with Crippen LogP contribution in [-0.2, 0) is 12.8 Å². The summed E-state index contributed by atoms with van der Waals surface area (Å²) in [5.41, 5.74) is 2.74. The minimum atomic E-state index is 1.03. The molecule has 1 aromatic rings. The van der Waals surface area contributed by atoms with Gasteiger partial charge in [-0.3, -0.25) is 0 Å². The Balaban J connectivity index is 1.96. The zero-order valence-corrected chi connectivity index (χ0v) is 13.7. The van der Waals surface area contributed by atoms with Crippen LogP contribution in [0.3, 0.4) is 0 Å². The minimum Gasteiger partial charge on any atom is -0.496 e. The van der Waals surface area contributed by atoms with Gasteiger partial charge in [0.25, 0.3) is 0 Å². The van der Waals surface area contributed by atoms with Gasteiger partial charge in [0.15, 0.2) is 0 Å². The molecule has 4 nitrogen and oxygen atoms in total.